The Balaban J connectivity index is 1.84. The Bertz CT molecular complexity index is 353. The van der Waals surface area contributed by atoms with Crippen LogP contribution in [0.15, 0.2) is 28.7 Å². The molecule has 94 valence electrons. The molecule has 1 unspecified atom stereocenters. The van der Waals surface area contributed by atoms with Crippen molar-refractivity contribution in [2.75, 3.05) is 33.4 Å². The summed E-state index contributed by atoms with van der Waals surface area (Å²) in [6, 6.07) is 8.83. The normalized spacial score (nSPS) is 20.8. The Hall–Kier alpha value is -0.420. The zero-order chi connectivity index (χ0) is 12.1. The molecule has 1 fully saturated rings. The van der Waals surface area contributed by atoms with Gasteiger partial charge in [0.15, 0.2) is 0 Å². The van der Waals surface area contributed by atoms with Gasteiger partial charge in [-0.05, 0) is 18.7 Å². The zero-order valence-electron chi connectivity index (χ0n) is 10.2. The summed E-state index contributed by atoms with van der Waals surface area (Å²) in [6.07, 6.45) is 0. The molecule has 0 aromatic heterocycles. The Morgan fingerprint density at radius 1 is 1.47 bits per heavy atom. The lowest BCUT2D eigenvalue weighted by atomic mass is 10.2. The molecule has 3 nitrogen and oxygen atoms in total. The van der Waals surface area contributed by atoms with Crippen molar-refractivity contribution in [1.29, 1.82) is 0 Å². The number of hydrogen-bond donors (Lipinski definition) is 1. The minimum atomic E-state index is 0.455. The molecule has 1 aromatic rings. The quantitative estimate of drug-likeness (QED) is 0.918. The molecule has 0 radical (unpaired) electrons. The molecule has 1 aliphatic rings. The van der Waals surface area contributed by atoms with E-state index in [2.05, 4.69) is 51.4 Å². The van der Waals surface area contributed by atoms with Crippen LogP contribution in [-0.4, -0.2) is 44.3 Å². The number of morpholine rings is 1. The van der Waals surface area contributed by atoms with Gasteiger partial charge in [-0.1, -0.05) is 34.1 Å². The van der Waals surface area contributed by atoms with Crippen LogP contribution < -0.4 is 5.32 Å². The number of likely N-dealkylation sites (N-methyl/N-ethyl adjacent to an activating group) is 1. The fourth-order valence-corrected chi connectivity index (χ4v) is 2.51. The maximum absolute atomic E-state index is 5.46. The number of nitrogens with zero attached hydrogens (tertiary/aromatic N) is 1. The van der Waals surface area contributed by atoms with Crippen LogP contribution >= 0.6 is 15.9 Å². The van der Waals surface area contributed by atoms with Crippen LogP contribution in [0.25, 0.3) is 0 Å². The van der Waals surface area contributed by atoms with Crippen LogP contribution in [0, 0.1) is 0 Å². The lowest BCUT2D eigenvalue weighted by molar-refractivity contribution is 0.0644. The van der Waals surface area contributed by atoms with Crippen LogP contribution in [0.3, 0.4) is 0 Å². The first kappa shape index (κ1) is 13.0. The molecular weight excluding hydrogens is 280 g/mol. The molecule has 1 saturated heterocycles. The van der Waals surface area contributed by atoms with E-state index < -0.39 is 0 Å². The summed E-state index contributed by atoms with van der Waals surface area (Å²) in [4.78, 5) is 2.33. The van der Waals surface area contributed by atoms with E-state index in [-0.39, 0.29) is 0 Å². The van der Waals surface area contributed by atoms with Gasteiger partial charge in [-0.2, -0.15) is 0 Å². The first-order valence-corrected chi connectivity index (χ1v) is 6.78. The van der Waals surface area contributed by atoms with Crippen LogP contribution in [0.1, 0.15) is 5.56 Å². The van der Waals surface area contributed by atoms with Gasteiger partial charge in [0.2, 0.25) is 0 Å². The predicted octanol–water partition coefficient (Wildman–Crippen LogP) is 1.87. The molecule has 1 atom stereocenters. The van der Waals surface area contributed by atoms with Gasteiger partial charge in [-0.15, -0.1) is 0 Å². The Labute approximate surface area is 111 Å². The van der Waals surface area contributed by atoms with Crippen molar-refractivity contribution in [3.63, 3.8) is 0 Å². The molecule has 0 aliphatic carbocycles. The molecule has 0 spiro atoms. The summed E-state index contributed by atoms with van der Waals surface area (Å²) < 4.78 is 6.64. The number of nitrogens with one attached hydrogen (secondary N) is 1. The summed E-state index contributed by atoms with van der Waals surface area (Å²) in [7, 11) is 2.15. The fourth-order valence-electron chi connectivity index (χ4n) is 2.10. The van der Waals surface area contributed by atoms with Gasteiger partial charge in [0.25, 0.3) is 0 Å². The van der Waals surface area contributed by atoms with Gasteiger partial charge in [0, 0.05) is 30.1 Å². The molecule has 1 aromatic carbocycles. The largest absolute Gasteiger partial charge is 0.378 e. The molecule has 1 heterocycles. The van der Waals surface area contributed by atoms with Crippen molar-refractivity contribution >= 4 is 15.9 Å². The molecule has 17 heavy (non-hydrogen) atoms. The van der Waals surface area contributed by atoms with Crippen molar-refractivity contribution in [1.82, 2.24) is 10.2 Å². The molecule has 0 saturated carbocycles. The first-order valence-electron chi connectivity index (χ1n) is 5.99. The van der Waals surface area contributed by atoms with E-state index in [9.17, 15) is 0 Å². The van der Waals surface area contributed by atoms with Gasteiger partial charge >= 0.3 is 0 Å². The van der Waals surface area contributed by atoms with Crippen molar-refractivity contribution in [3.8, 4) is 0 Å². The summed E-state index contributed by atoms with van der Waals surface area (Å²) >= 11 is 3.58. The first-order chi connectivity index (χ1) is 8.25. The van der Waals surface area contributed by atoms with Gasteiger partial charge in [-0.25, -0.2) is 0 Å². The maximum Gasteiger partial charge on any atom is 0.0632 e. The van der Waals surface area contributed by atoms with Crippen molar-refractivity contribution in [3.05, 3.63) is 34.3 Å². The minimum Gasteiger partial charge on any atom is -0.378 e. The van der Waals surface area contributed by atoms with Crippen LogP contribution in [0.4, 0.5) is 0 Å². The molecule has 4 heteroatoms. The highest BCUT2D eigenvalue weighted by Crippen LogP contribution is 2.17. The summed E-state index contributed by atoms with van der Waals surface area (Å²) in [6.45, 7) is 4.60. The lowest BCUT2D eigenvalue weighted by Crippen LogP contribution is -2.47. The smallest absolute Gasteiger partial charge is 0.0632 e. The maximum atomic E-state index is 5.46. The monoisotopic (exact) mass is 298 g/mol. The van der Waals surface area contributed by atoms with Gasteiger partial charge < -0.3 is 15.0 Å². The Kier molecular flexibility index (Phi) is 4.98. The fraction of sp³-hybridized carbons (Fsp3) is 0.538. The number of ether oxygens (including phenoxy) is 1. The second kappa shape index (κ2) is 6.50. The number of halogens is 1. The van der Waals surface area contributed by atoms with Crippen LogP contribution in [0.2, 0.25) is 0 Å². The topological polar surface area (TPSA) is 24.5 Å². The highest BCUT2D eigenvalue weighted by atomic mass is 79.9. The van der Waals surface area contributed by atoms with E-state index in [0.717, 1.165) is 32.8 Å². The van der Waals surface area contributed by atoms with Crippen molar-refractivity contribution in [2.24, 2.45) is 0 Å². The number of benzene rings is 1. The molecule has 1 aliphatic heterocycles. The molecule has 2 rings (SSSR count). The van der Waals surface area contributed by atoms with Crippen LogP contribution in [-0.2, 0) is 11.3 Å². The molecule has 0 bridgehead atoms. The SMILES string of the molecule is CN(Cc1ccccc1Br)CC1COCCN1. The van der Waals surface area contributed by atoms with E-state index in [0.29, 0.717) is 6.04 Å². The predicted molar refractivity (Wildman–Crippen MR) is 73.1 cm³/mol. The average molecular weight is 299 g/mol. The van der Waals surface area contributed by atoms with E-state index in [1.54, 1.807) is 0 Å². The second-order valence-electron chi connectivity index (χ2n) is 4.51. The average Bonchev–Trinajstić information content (AvgIpc) is 2.33. The van der Waals surface area contributed by atoms with Crippen molar-refractivity contribution in [2.45, 2.75) is 12.6 Å². The minimum absolute atomic E-state index is 0.455. The third-order valence-corrected chi connectivity index (χ3v) is 3.70. The highest BCUT2D eigenvalue weighted by molar-refractivity contribution is 9.10. The van der Waals surface area contributed by atoms with Crippen LogP contribution in [0.5, 0.6) is 0 Å². The summed E-state index contributed by atoms with van der Waals surface area (Å²) in [5.41, 5.74) is 1.33. The summed E-state index contributed by atoms with van der Waals surface area (Å²) in [5, 5.41) is 3.47. The Morgan fingerprint density at radius 2 is 2.29 bits per heavy atom. The lowest BCUT2D eigenvalue weighted by Gasteiger charge is -2.28. The van der Waals surface area contributed by atoms with E-state index in [1.807, 2.05) is 6.07 Å². The molecule has 0 amide bonds. The standard InChI is InChI=1S/C13H19BrN2O/c1-16(9-12-10-17-7-6-15-12)8-11-4-2-3-5-13(11)14/h2-5,12,15H,6-10H2,1H3. The second-order valence-corrected chi connectivity index (χ2v) is 5.37. The van der Waals surface area contributed by atoms with E-state index in [1.165, 1.54) is 10.0 Å². The van der Waals surface area contributed by atoms with Crippen molar-refractivity contribution < 1.29 is 4.74 Å². The number of rotatable bonds is 4. The molecular formula is C13H19BrN2O. The summed E-state index contributed by atoms with van der Waals surface area (Å²) in [5.74, 6) is 0. The van der Waals surface area contributed by atoms with Gasteiger partial charge in [0.1, 0.15) is 0 Å². The highest BCUT2D eigenvalue weighted by Gasteiger charge is 2.15. The van der Waals surface area contributed by atoms with Gasteiger partial charge in [0.05, 0.1) is 13.2 Å². The number of hydrogen-bond acceptors (Lipinski definition) is 3. The molecule has 1 N–H and O–H groups in total. The van der Waals surface area contributed by atoms with Gasteiger partial charge in [-0.3, -0.25) is 0 Å². The Morgan fingerprint density at radius 3 is 3.00 bits per heavy atom. The van der Waals surface area contributed by atoms with E-state index >= 15 is 0 Å². The van der Waals surface area contributed by atoms with E-state index in [4.69, 9.17) is 4.74 Å². The third-order valence-electron chi connectivity index (χ3n) is 2.93. The third kappa shape index (κ3) is 4.07. The zero-order valence-corrected chi connectivity index (χ0v) is 11.7.